The molecule has 8 heteroatoms. The van der Waals surface area contributed by atoms with Gasteiger partial charge in [0, 0.05) is 38.8 Å². The summed E-state index contributed by atoms with van der Waals surface area (Å²) in [6, 6.07) is 0. The number of likely N-dealkylation sites (tertiary alicyclic amines) is 1. The SMILES string of the molecule is Cl.O=C(C1CC(=O)N(c2cn[nH]c2)C1)N1CCC2(CCNC2)CC1. The van der Waals surface area contributed by atoms with Gasteiger partial charge in [-0.2, -0.15) is 5.10 Å². The van der Waals surface area contributed by atoms with Crippen molar-refractivity contribution in [1.82, 2.24) is 20.4 Å². The number of aromatic amines is 1. The molecule has 0 aromatic carbocycles. The first kappa shape index (κ1) is 17.2. The van der Waals surface area contributed by atoms with Crippen molar-refractivity contribution < 1.29 is 9.59 Å². The highest BCUT2D eigenvalue weighted by Crippen LogP contribution is 2.37. The van der Waals surface area contributed by atoms with Crippen LogP contribution in [0.1, 0.15) is 25.7 Å². The van der Waals surface area contributed by atoms with Crippen molar-refractivity contribution in [1.29, 1.82) is 0 Å². The molecule has 0 radical (unpaired) electrons. The highest BCUT2D eigenvalue weighted by molar-refractivity contribution is 6.00. The Morgan fingerprint density at radius 1 is 1.29 bits per heavy atom. The molecule has 2 amide bonds. The lowest BCUT2D eigenvalue weighted by Crippen LogP contribution is -2.46. The summed E-state index contributed by atoms with van der Waals surface area (Å²) in [7, 11) is 0. The van der Waals surface area contributed by atoms with Crippen LogP contribution in [0.2, 0.25) is 0 Å². The number of anilines is 1. The Hall–Kier alpha value is -1.60. The van der Waals surface area contributed by atoms with E-state index in [2.05, 4.69) is 15.5 Å². The van der Waals surface area contributed by atoms with Crippen LogP contribution in [-0.2, 0) is 9.59 Å². The number of amides is 2. The predicted molar refractivity (Wildman–Crippen MR) is 92.0 cm³/mol. The lowest BCUT2D eigenvalue weighted by atomic mass is 9.77. The van der Waals surface area contributed by atoms with Crippen LogP contribution in [-0.4, -0.2) is 59.6 Å². The van der Waals surface area contributed by atoms with Gasteiger partial charge < -0.3 is 15.1 Å². The van der Waals surface area contributed by atoms with Gasteiger partial charge in [0.1, 0.15) is 0 Å². The number of piperidine rings is 1. The van der Waals surface area contributed by atoms with E-state index in [1.807, 2.05) is 4.90 Å². The van der Waals surface area contributed by atoms with Gasteiger partial charge in [0.15, 0.2) is 0 Å². The van der Waals surface area contributed by atoms with Gasteiger partial charge in [-0.25, -0.2) is 0 Å². The zero-order valence-corrected chi connectivity index (χ0v) is 14.5. The highest BCUT2D eigenvalue weighted by Gasteiger charge is 2.42. The van der Waals surface area contributed by atoms with Crippen LogP contribution in [0.15, 0.2) is 12.4 Å². The lowest BCUT2D eigenvalue weighted by Gasteiger charge is -2.39. The molecular weight excluding hydrogens is 330 g/mol. The van der Waals surface area contributed by atoms with Crippen LogP contribution in [0.25, 0.3) is 0 Å². The maximum Gasteiger partial charge on any atom is 0.228 e. The van der Waals surface area contributed by atoms with Gasteiger partial charge in [-0.1, -0.05) is 0 Å². The highest BCUT2D eigenvalue weighted by atomic mass is 35.5. The van der Waals surface area contributed by atoms with E-state index in [9.17, 15) is 9.59 Å². The molecule has 24 heavy (non-hydrogen) atoms. The molecule has 4 heterocycles. The fourth-order valence-electron chi connectivity index (χ4n) is 4.20. The lowest BCUT2D eigenvalue weighted by molar-refractivity contribution is -0.137. The first-order valence-electron chi connectivity index (χ1n) is 8.46. The van der Waals surface area contributed by atoms with E-state index in [1.165, 1.54) is 6.42 Å². The number of H-pyrrole nitrogens is 1. The van der Waals surface area contributed by atoms with Gasteiger partial charge in [0.2, 0.25) is 11.8 Å². The second kappa shape index (κ2) is 6.72. The van der Waals surface area contributed by atoms with Crippen molar-refractivity contribution in [3.8, 4) is 0 Å². The van der Waals surface area contributed by atoms with Crippen LogP contribution in [0.4, 0.5) is 5.69 Å². The van der Waals surface area contributed by atoms with Gasteiger partial charge in [-0.3, -0.25) is 14.7 Å². The van der Waals surface area contributed by atoms with E-state index < -0.39 is 0 Å². The predicted octanol–water partition coefficient (Wildman–Crippen LogP) is 0.786. The number of nitrogens with one attached hydrogen (secondary N) is 2. The molecule has 0 saturated carbocycles. The Morgan fingerprint density at radius 3 is 2.71 bits per heavy atom. The van der Waals surface area contributed by atoms with Gasteiger partial charge >= 0.3 is 0 Å². The molecule has 3 aliphatic rings. The number of aromatic nitrogens is 2. The summed E-state index contributed by atoms with van der Waals surface area (Å²) in [6.07, 6.45) is 7.03. The molecule has 1 atom stereocenters. The third-order valence-electron chi connectivity index (χ3n) is 5.74. The summed E-state index contributed by atoms with van der Waals surface area (Å²) in [5, 5.41) is 10.0. The van der Waals surface area contributed by atoms with Crippen LogP contribution in [0.3, 0.4) is 0 Å². The second-order valence-corrected chi connectivity index (χ2v) is 7.11. The maximum absolute atomic E-state index is 12.8. The van der Waals surface area contributed by atoms with Gasteiger partial charge in [0.05, 0.1) is 17.8 Å². The summed E-state index contributed by atoms with van der Waals surface area (Å²) >= 11 is 0. The minimum Gasteiger partial charge on any atom is -0.342 e. The van der Waals surface area contributed by atoms with Crippen molar-refractivity contribution in [3.05, 3.63) is 12.4 Å². The average Bonchev–Trinajstić information content (AvgIpc) is 3.28. The molecule has 0 aliphatic carbocycles. The van der Waals surface area contributed by atoms with Crippen molar-refractivity contribution >= 4 is 29.9 Å². The molecular formula is C16H24ClN5O2. The summed E-state index contributed by atoms with van der Waals surface area (Å²) in [4.78, 5) is 28.6. The van der Waals surface area contributed by atoms with E-state index in [0.717, 1.165) is 44.7 Å². The molecule has 1 unspecified atom stereocenters. The fourth-order valence-corrected chi connectivity index (χ4v) is 4.20. The molecule has 132 valence electrons. The topological polar surface area (TPSA) is 81.3 Å². The number of carbonyl (C=O) groups is 2. The van der Waals surface area contributed by atoms with Crippen molar-refractivity contribution in [2.24, 2.45) is 11.3 Å². The fraction of sp³-hybridized carbons (Fsp3) is 0.688. The molecule has 0 bridgehead atoms. The summed E-state index contributed by atoms with van der Waals surface area (Å²) < 4.78 is 0. The average molecular weight is 354 g/mol. The zero-order chi connectivity index (χ0) is 15.9. The molecule has 4 rings (SSSR count). The van der Waals surface area contributed by atoms with E-state index in [4.69, 9.17) is 0 Å². The smallest absolute Gasteiger partial charge is 0.228 e. The van der Waals surface area contributed by atoms with E-state index in [1.54, 1.807) is 17.3 Å². The van der Waals surface area contributed by atoms with Crippen molar-refractivity contribution in [3.63, 3.8) is 0 Å². The summed E-state index contributed by atoms with van der Waals surface area (Å²) in [5.41, 5.74) is 1.16. The molecule has 1 spiro atoms. The first-order valence-corrected chi connectivity index (χ1v) is 8.46. The van der Waals surface area contributed by atoms with Crippen LogP contribution in [0.5, 0.6) is 0 Å². The minimum absolute atomic E-state index is 0. The molecule has 1 aromatic heterocycles. The first-order chi connectivity index (χ1) is 11.2. The summed E-state index contributed by atoms with van der Waals surface area (Å²) in [5.74, 6) is -0.0588. The number of nitrogens with zero attached hydrogens (tertiary/aromatic N) is 3. The standard InChI is InChI=1S/C16H23N5O2.ClH/c22-14-7-12(10-21(14)13-8-18-19-9-13)15(23)20-5-2-16(3-6-20)1-4-17-11-16;/h8-9,12,17H,1-7,10-11H2,(H,18,19);1H. The Morgan fingerprint density at radius 2 is 2.08 bits per heavy atom. The van der Waals surface area contributed by atoms with Gasteiger partial charge in [-0.15, -0.1) is 12.4 Å². The van der Waals surface area contributed by atoms with Gasteiger partial charge in [-0.05, 0) is 31.2 Å². The number of hydrogen-bond donors (Lipinski definition) is 2. The van der Waals surface area contributed by atoms with Crippen molar-refractivity contribution in [2.75, 3.05) is 37.6 Å². The maximum atomic E-state index is 12.8. The monoisotopic (exact) mass is 353 g/mol. The molecule has 3 saturated heterocycles. The second-order valence-electron chi connectivity index (χ2n) is 7.11. The zero-order valence-electron chi connectivity index (χ0n) is 13.7. The van der Waals surface area contributed by atoms with E-state index in [-0.39, 0.29) is 30.1 Å². The molecule has 3 aliphatic heterocycles. The van der Waals surface area contributed by atoms with Crippen LogP contribution >= 0.6 is 12.4 Å². The number of carbonyl (C=O) groups excluding carboxylic acids is 2. The normalized spacial score (nSPS) is 26.0. The largest absolute Gasteiger partial charge is 0.342 e. The molecule has 1 aromatic rings. The molecule has 2 N–H and O–H groups in total. The Labute approximate surface area is 147 Å². The number of rotatable bonds is 2. The van der Waals surface area contributed by atoms with Crippen LogP contribution in [0, 0.1) is 11.3 Å². The Kier molecular flexibility index (Phi) is 4.83. The Balaban J connectivity index is 0.00000169. The Bertz CT molecular complexity index is 590. The minimum atomic E-state index is -0.215. The third-order valence-corrected chi connectivity index (χ3v) is 5.74. The molecule has 3 fully saturated rings. The van der Waals surface area contributed by atoms with E-state index in [0.29, 0.717) is 18.4 Å². The third kappa shape index (κ3) is 3.02. The van der Waals surface area contributed by atoms with E-state index >= 15 is 0 Å². The number of hydrogen-bond acceptors (Lipinski definition) is 4. The molecule has 7 nitrogen and oxygen atoms in total. The van der Waals surface area contributed by atoms with Gasteiger partial charge in [0.25, 0.3) is 0 Å². The van der Waals surface area contributed by atoms with Crippen molar-refractivity contribution in [2.45, 2.75) is 25.7 Å². The number of halogens is 1. The summed E-state index contributed by atoms with van der Waals surface area (Å²) in [6.45, 7) is 4.32. The quantitative estimate of drug-likeness (QED) is 0.823. The van der Waals surface area contributed by atoms with Crippen LogP contribution < -0.4 is 10.2 Å².